The van der Waals surface area contributed by atoms with E-state index < -0.39 is 5.97 Å². The van der Waals surface area contributed by atoms with E-state index in [0.29, 0.717) is 18.7 Å². The Morgan fingerprint density at radius 3 is 2.46 bits per heavy atom. The molecule has 5 nitrogen and oxygen atoms in total. The number of anilines is 1. The molecule has 0 aliphatic carbocycles. The van der Waals surface area contributed by atoms with E-state index in [0.717, 1.165) is 11.3 Å². The van der Waals surface area contributed by atoms with Crippen LogP contribution in [0.25, 0.3) is 0 Å². The second-order valence-electron chi connectivity index (χ2n) is 5.18. The molecule has 0 aliphatic rings. The fourth-order valence-electron chi connectivity index (χ4n) is 2.35. The summed E-state index contributed by atoms with van der Waals surface area (Å²) < 4.78 is 10.2. The SMILES string of the molecule is CCN(C(=O)COC(=O)c1cccc(COC)c1)c1ccccc1. The molecule has 0 fully saturated rings. The van der Waals surface area contributed by atoms with E-state index in [1.54, 1.807) is 30.2 Å². The third-order valence-electron chi connectivity index (χ3n) is 3.49. The van der Waals surface area contributed by atoms with Crippen LogP contribution in [0.5, 0.6) is 0 Å². The molecule has 0 spiro atoms. The summed E-state index contributed by atoms with van der Waals surface area (Å²) in [5.41, 5.74) is 2.06. The van der Waals surface area contributed by atoms with Gasteiger partial charge in [0.1, 0.15) is 0 Å². The van der Waals surface area contributed by atoms with Crippen molar-refractivity contribution in [2.45, 2.75) is 13.5 Å². The number of para-hydroxylation sites is 1. The normalized spacial score (nSPS) is 10.2. The Labute approximate surface area is 141 Å². The van der Waals surface area contributed by atoms with Gasteiger partial charge in [-0.25, -0.2) is 4.79 Å². The number of hydrogen-bond donors (Lipinski definition) is 0. The fourth-order valence-corrected chi connectivity index (χ4v) is 2.35. The summed E-state index contributed by atoms with van der Waals surface area (Å²) in [5, 5.41) is 0. The van der Waals surface area contributed by atoms with Gasteiger partial charge in [0, 0.05) is 19.3 Å². The second-order valence-corrected chi connectivity index (χ2v) is 5.18. The lowest BCUT2D eigenvalue weighted by molar-refractivity contribution is -0.121. The van der Waals surface area contributed by atoms with Crippen molar-refractivity contribution >= 4 is 17.6 Å². The molecule has 0 N–H and O–H groups in total. The molecule has 0 saturated carbocycles. The average Bonchev–Trinajstić information content (AvgIpc) is 2.62. The number of carbonyl (C=O) groups is 2. The average molecular weight is 327 g/mol. The summed E-state index contributed by atoms with van der Waals surface area (Å²) in [6.07, 6.45) is 0. The molecule has 5 heteroatoms. The van der Waals surface area contributed by atoms with E-state index in [2.05, 4.69) is 0 Å². The van der Waals surface area contributed by atoms with Crippen LogP contribution < -0.4 is 4.90 Å². The number of nitrogens with zero attached hydrogens (tertiary/aromatic N) is 1. The molecule has 2 aromatic carbocycles. The van der Waals surface area contributed by atoms with E-state index in [1.165, 1.54) is 0 Å². The van der Waals surface area contributed by atoms with Gasteiger partial charge in [-0.15, -0.1) is 0 Å². The van der Waals surface area contributed by atoms with Crippen molar-refractivity contribution in [3.05, 3.63) is 65.7 Å². The Morgan fingerprint density at radius 1 is 1.04 bits per heavy atom. The van der Waals surface area contributed by atoms with Crippen LogP contribution in [0.15, 0.2) is 54.6 Å². The third-order valence-corrected chi connectivity index (χ3v) is 3.49. The van der Waals surface area contributed by atoms with Crippen LogP contribution in [0.2, 0.25) is 0 Å². The molecule has 0 saturated heterocycles. The number of likely N-dealkylation sites (N-methyl/N-ethyl adjacent to an activating group) is 1. The standard InChI is InChI=1S/C19H21NO4/c1-3-20(17-10-5-4-6-11-17)18(21)14-24-19(22)16-9-7-8-15(12-16)13-23-2/h4-12H,3,13-14H2,1-2H3. The molecule has 0 aromatic heterocycles. The van der Waals surface area contributed by atoms with E-state index in [4.69, 9.17) is 9.47 Å². The molecule has 24 heavy (non-hydrogen) atoms. The maximum Gasteiger partial charge on any atom is 0.338 e. The zero-order chi connectivity index (χ0) is 17.4. The predicted molar refractivity (Wildman–Crippen MR) is 91.9 cm³/mol. The number of benzene rings is 2. The first-order chi connectivity index (χ1) is 11.7. The predicted octanol–water partition coefficient (Wildman–Crippen LogP) is 3.04. The fraction of sp³-hybridized carbons (Fsp3) is 0.263. The number of carbonyl (C=O) groups excluding carboxylic acids is 2. The van der Waals surface area contributed by atoms with E-state index in [-0.39, 0.29) is 12.5 Å². The number of esters is 1. The van der Waals surface area contributed by atoms with Crippen LogP contribution in [0.1, 0.15) is 22.8 Å². The molecule has 0 atom stereocenters. The number of methoxy groups -OCH3 is 1. The second kappa shape index (κ2) is 8.84. The maximum atomic E-state index is 12.3. The lowest BCUT2D eigenvalue weighted by Crippen LogP contribution is -2.34. The van der Waals surface area contributed by atoms with Gasteiger partial charge < -0.3 is 14.4 Å². The number of rotatable bonds is 7. The van der Waals surface area contributed by atoms with Gasteiger partial charge in [-0.2, -0.15) is 0 Å². The largest absolute Gasteiger partial charge is 0.452 e. The lowest BCUT2D eigenvalue weighted by atomic mass is 10.1. The molecular formula is C19H21NO4. The van der Waals surface area contributed by atoms with Gasteiger partial charge in [-0.3, -0.25) is 4.79 Å². The minimum atomic E-state index is -0.523. The van der Waals surface area contributed by atoms with Crippen molar-refractivity contribution in [1.82, 2.24) is 0 Å². The summed E-state index contributed by atoms with van der Waals surface area (Å²) in [4.78, 5) is 26.0. The third kappa shape index (κ3) is 4.67. The Kier molecular flexibility index (Phi) is 6.51. The first-order valence-electron chi connectivity index (χ1n) is 7.76. The van der Waals surface area contributed by atoms with Crippen LogP contribution in [0.4, 0.5) is 5.69 Å². The number of hydrogen-bond acceptors (Lipinski definition) is 4. The lowest BCUT2D eigenvalue weighted by Gasteiger charge is -2.20. The zero-order valence-corrected chi connectivity index (χ0v) is 13.9. The summed E-state index contributed by atoms with van der Waals surface area (Å²) in [5.74, 6) is -0.782. The molecule has 0 radical (unpaired) electrons. The Morgan fingerprint density at radius 2 is 1.79 bits per heavy atom. The van der Waals surface area contributed by atoms with Gasteiger partial charge in [0.2, 0.25) is 0 Å². The molecule has 0 unspecified atom stereocenters. The molecule has 126 valence electrons. The van der Waals surface area contributed by atoms with Crippen LogP contribution in [-0.2, 0) is 20.9 Å². The highest BCUT2D eigenvalue weighted by Crippen LogP contribution is 2.13. The van der Waals surface area contributed by atoms with E-state index in [1.807, 2.05) is 43.3 Å². The topological polar surface area (TPSA) is 55.8 Å². The van der Waals surface area contributed by atoms with E-state index >= 15 is 0 Å². The highest BCUT2D eigenvalue weighted by molar-refractivity contribution is 5.97. The van der Waals surface area contributed by atoms with Gasteiger partial charge in [-0.1, -0.05) is 30.3 Å². The van der Waals surface area contributed by atoms with Crippen LogP contribution in [0, 0.1) is 0 Å². The molecule has 0 heterocycles. The zero-order valence-electron chi connectivity index (χ0n) is 13.9. The Balaban J connectivity index is 1.97. The highest BCUT2D eigenvalue weighted by Gasteiger charge is 2.16. The van der Waals surface area contributed by atoms with Gasteiger partial charge in [-0.05, 0) is 36.8 Å². The Bertz CT molecular complexity index is 685. The van der Waals surface area contributed by atoms with Crippen molar-refractivity contribution in [3.63, 3.8) is 0 Å². The molecule has 2 aromatic rings. The number of ether oxygens (including phenoxy) is 2. The molecule has 1 amide bonds. The van der Waals surface area contributed by atoms with Crippen molar-refractivity contribution in [3.8, 4) is 0 Å². The first-order valence-corrected chi connectivity index (χ1v) is 7.76. The minimum absolute atomic E-state index is 0.259. The Hall–Kier alpha value is -2.66. The molecule has 0 bridgehead atoms. The highest BCUT2D eigenvalue weighted by atomic mass is 16.5. The summed E-state index contributed by atoms with van der Waals surface area (Å²) >= 11 is 0. The van der Waals surface area contributed by atoms with Crippen molar-refractivity contribution in [2.75, 3.05) is 25.2 Å². The quantitative estimate of drug-likeness (QED) is 0.734. The smallest absolute Gasteiger partial charge is 0.338 e. The van der Waals surface area contributed by atoms with Gasteiger partial charge in [0.05, 0.1) is 12.2 Å². The van der Waals surface area contributed by atoms with Crippen molar-refractivity contribution in [2.24, 2.45) is 0 Å². The maximum absolute atomic E-state index is 12.3. The molecule has 2 rings (SSSR count). The molecule has 0 aliphatic heterocycles. The summed E-state index contributed by atoms with van der Waals surface area (Å²) in [7, 11) is 1.59. The van der Waals surface area contributed by atoms with Crippen LogP contribution >= 0.6 is 0 Å². The van der Waals surface area contributed by atoms with Crippen LogP contribution in [0.3, 0.4) is 0 Å². The van der Waals surface area contributed by atoms with Gasteiger partial charge >= 0.3 is 5.97 Å². The summed E-state index contributed by atoms with van der Waals surface area (Å²) in [6, 6.07) is 16.3. The molecular weight excluding hydrogens is 306 g/mol. The van der Waals surface area contributed by atoms with Gasteiger partial charge in [0.25, 0.3) is 5.91 Å². The van der Waals surface area contributed by atoms with Gasteiger partial charge in [0.15, 0.2) is 6.61 Å². The number of amides is 1. The minimum Gasteiger partial charge on any atom is -0.452 e. The summed E-state index contributed by atoms with van der Waals surface area (Å²) in [6.45, 7) is 2.50. The van der Waals surface area contributed by atoms with Crippen molar-refractivity contribution < 1.29 is 19.1 Å². The van der Waals surface area contributed by atoms with E-state index in [9.17, 15) is 9.59 Å². The first kappa shape index (κ1) is 17.7. The van der Waals surface area contributed by atoms with Crippen molar-refractivity contribution in [1.29, 1.82) is 0 Å². The monoisotopic (exact) mass is 327 g/mol. The van der Waals surface area contributed by atoms with Crippen LogP contribution in [-0.4, -0.2) is 32.1 Å².